The summed E-state index contributed by atoms with van der Waals surface area (Å²) in [4.78, 5) is 12.5. The maximum atomic E-state index is 13.4. The van der Waals surface area contributed by atoms with Gasteiger partial charge in [-0.05, 0) is 42.0 Å². The van der Waals surface area contributed by atoms with Crippen LogP contribution in [0.3, 0.4) is 0 Å². The highest BCUT2D eigenvalue weighted by Gasteiger charge is 2.34. The van der Waals surface area contributed by atoms with Crippen LogP contribution in [0.2, 0.25) is 0 Å². The van der Waals surface area contributed by atoms with Crippen LogP contribution in [0.15, 0.2) is 60.7 Å². The van der Waals surface area contributed by atoms with Crippen molar-refractivity contribution in [3.8, 4) is 11.5 Å². The first kappa shape index (κ1) is 21.2. The number of rotatable bonds is 5. The third-order valence-corrected chi connectivity index (χ3v) is 4.91. The fourth-order valence-electron chi connectivity index (χ4n) is 3.39. The van der Waals surface area contributed by atoms with Gasteiger partial charge in [0, 0.05) is 22.5 Å². The number of nitrogens with one attached hydrogen (secondary N) is 2. The van der Waals surface area contributed by atoms with Crippen molar-refractivity contribution in [3.63, 3.8) is 0 Å². The topological polar surface area (TPSA) is 97.4 Å². The third-order valence-electron chi connectivity index (χ3n) is 4.91. The van der Waals surface area contributed by atoms with Gasteiger partial charge < -0.3 is 20.5 Å². The summed E-state index contributed by atoms with van der Waals surface area (Å²) in [5.41, 5.74) is 5.55. The number of anilines is 2. The van der Waals surface area contributed by atoms with Gasteiger partial charge in [-0.1, -0.05) is 24.3 Å². The number of fused-ring (bicyclic) bond motifs is 1. The van der Waals surface area contributed by atoms with E-state index in [1.807, 2.05) is 0 Å². The predicted octanol–water partition coefficient (Wildman–Crippen LogP) is 4.61. The van der Waals surface area contributed by atoms with Gasteiger partial charge in [-0.15, -0.1) is 0 Å². The number of ether oxygens (including phenoxy) is 2. The van der Waals surface area contributed by atoms with Gasteiger partial charge in [0.1, 0.15) is 0 Å². The van der Waals surface area contributed by atoms with E-state index in [4.69, 9.17) is 20.6 Å². The molecule has 3 aromatic rings. The second kappa shape index (κ2) is 8.26. The quantitative estimate of drug-likeness (QED) is 0.398. The van der Waals surface area contributed by atoms with Gasteiger partial charge in [0.25, 0.3) is 0 Å². The van der Waals surface area contributed by atoms with Crippen LogP contribution in [-0.4, -0.2) is 18.4 Å². The molecule has 164 valence electrons. The van der Waals surface area contributed by atoms with E-state index in [1.165, 1.54) is 36.4 Å². The van der Waals surface area contributed by atoms with Gasteiger partial charge in [0.15, 0.2) is 11.5 Å². The van der Waals surface area contributed by atoms with Crippen molar-refractivity contribution in [2.75, 3.05) is 17.8 Å². The number of nitrogens with two attached hydrogens (primary N) is 1. The minimum atomic E-state index is -4.62. The number of carbonyl (C=O) groups excluding carboxylic acids is 1. The molecule has 0 radical (unpaired) electrons. The van der Waals surface area contributed by atoms with E-state index in [2.05, 4.69) is 5.32 Å². The van der Waals surface area contributed by atoms with Crippen molar-refractivity contribution in [3.05, 3.63) is 82.9 Å². The van der Waals surface area contributed by atoms with E-state index in [1.54, 1.807) is 18.2 Å². The van der Waals surface area contributed by atoms with E-state index in [-0.39, 0.29) is 41.6 Å². The molecule has 3 aromatic carbocycles. The zero-order valence-electron chi connectivity index (χ0n) is 16.6. The average Bonchev–Trinajstić information content (AvgIpc) is 3.22. The van der Waals surface area contributed by atoms with Crippen LogP contribution in [0, 0.1) is 5.41 Å². The van der Waals surface area contributed by atoms with Crippen molar-refractivity contribution in [2.24, 2.45) is 0 Å². The first-order valence-electron chi connectivity index (χ1n) is 9.56. The molecule has 0 atom stereocenters. The smallest absolute Gasteiger partial charge is 0.417 e. The lowest BCUT2D eigenvalue weighted by Gasteiger charge is -2.16. The molecule has 32 heavy (non-hydrogen) atoms. The van der Waals surface area contributed by atoms with E-state index in [0.717, 1.165) is 6.07 Å². The zero-order chi connectivity index (χ0) is 22.9. The van der Waals surface area contributed by atoms with Crippen molar-refractivity contribution in [2.45, 2.75) is 12.6 Å². The number of amides is 1. The number of hydrogen-bond donors (Lipinski definition) is 3. The molecule has 1 aliphatic rings. The Morgan fingerprint density at radius 3 is 2.53 bits per heavy atom. The molecule has 0 fully saturated rings. The molecule has 4 rings (SSSR count). The Bertz CT molecular complexity index is 1210. The van der Waals surface area contributed by atoms with Crippen LogP contribution < -0.4 is 20.5 Å². The Morgan fingerprint density at radius 2 is 1.75 bits per heavy atom. The van der Waals surface area contributed by atoms with Crippen LogP contribution in [-0.2, 0) is 17.4 Å². The largest absolute Gasteiger partial charge is 0.454 e. The number of alkyl halides is 3. The Kier molecular flexibility index (Phi) is 5.48. The van der Waals surface area contributed by atoms with Gasteiger partial charge in [-0.2, -0.15) is 13.2 Å². The Balaban J connectivity index is 1.54. The maximum absolute atomic E-state index is 13.4. The molecule has 0 unspecified atom stereocenters. The van der Waals surface area contributed by atoms with Crippen molar-refractivity contribution < 1.29 is 27.4 Å². The normalized spacial score (nSPS) is 12.5. The summed E-state index contributed by atoms with van der Waals surface area (Å²) in [6.07, 6.45) is -4.57. The highest BCUT2D eigenvalue weighted by Crippen LogP contribution is 2.34. The van der Waals surface area contributed by atoms with Gasteiger partial charge >= 0.3 is 6.18 Å². The molecule has 9 heteroatoms. The number of hydrogen-bond acceptors (Lipinski definition) is 5. The van der Waals surface area contributed by atoms with E-state index >= 15 is 0 Å². The van der Waals surface area contributed by atoms with E-state index in [9.17, 15) is 18.0 Å². The van der Waals surface area contributed by atoms with Crippen molar-refractivity contribution >= 4 is 23.0 Å². The minimum absolute atomic E-state index is 0.0463. The van der Waals surface area contributed by atoms with Crippen LogP contribution in [0.5, 0.6) is 11.5 Å². The summed E-state index contributed by atoms with van der Waals surface area (Å²) in [5.74, 6) is 0.818. The fraction of sp³-hybridized carbons (Fsp3) is 0.130. The van der Waals surface area contributed by atoms with Gasteiger partial charge in [0.05, 0.1) is 17.7 Å². The molecule has 0 aromatic heterocycles. The number of halogens is 3. The number of benzene rings is 3. The van der Waals surface area contributed by atoms with Crippen LogP contribution in [0.25, 0.3) is 0 Å². The number of nitrogen functional groups attached to an aromatic ring is 1. The second-order valence-corrected chi connectivity index (χ2v) is 7.13. The summed E-state index contributed by atoms with van der Waals surface area (Å²) in [7, 11) is 0. The summed E-state index contributed by atoms with van der Waals surface area (Å²) >= 11 is 0. The molecule has 1 amide bonds. The molecule has 0 saturated heterocycles. The highest BCUT2D eigenvalue weighted by atomic mass is 19.4. The summed E-state index contributed by atoms with van der Waals surface area (Å²) in [6, 6.07) is 14.3. The molecular formula is C23H18F3N3O3. The minimum Gasteiger partial charge on any atom is -0.454 e. The molecule has 6 nitrogen and oxygen atoms in total. The first-order chi connectivity index (χ1) is 15.2. The third kappa shape index (κ3) is 4.36. The Labute approximate surface area is 181 Å². The molecule has 4 N–H and O–H groups in total. The van der Waals surface area contributed by atoms with Crippen molar-refractivity contribution in [1.82, 2.24) is 0 Å². The molecule has 1 aliphatic heterocycles. The number of carbonyl (C=O) groups is 1. The van der Waals surface area contributed by atoms with Crippen LogP contribution in [0.1, 0.15) is 22.3 Å². The predicted molar refractivity (Wildman–Crippen MR) is 113 cm³/mol. The van der Waals surface area contributed by atoms with Gasteiger partial charge in [0.2, 0.25) is 12.7 Å². The Hall–Kier alpha value is -4.01. The standard InChI is InChI=1S/C23H18F3N3O3/c24-23(25,26)17-4-2-1-3-15(17)22(28)16-11-14(6-7-18(16)27)29-21(30)10-13-5-8-19-20(9-13)32-12-31-19/h1-9,11,28H,10,12,27H2,(H,29,30). The van der Waals surface area contributed by atoms with Crippen LogP contribution in [0.4, 0.5) is 24.5 Å². The maximum Gasteiger partial charge on any atom is 0.417 e. The first-order valence-corrected chi connectivity index (χ1v) is 9.56. The molecule has 0 aliphatic carbocycles. The molecular weight excluding hydrogens is 423 g/mol. The molecule has 0 saturated carbocycles. The second-order valence-electron chi connectivity index (χ2n) is 7.13. The van der Waals surface area contributed by atoms with Crippen molar-refractivity contribution in [1.29, 1.82) is 5.41 Å². The lowest BCUT2D eigenvalue weighted by molar-refractivity contribution is -0.137. The lowest BCUT2D eigenvalue weighted by atomic mass is 9.96. The summed E-state index contributed by atoms with van der Waals surface area (Å²) < 4.78 is 50.6. The average molecular weight is 441 g/mol. The Morgan fingerprint density at radius 1 is 1.00 bits per heavy atom. The molecule has 0 spiro atoms. The van der Waals surface area contributed by atoms with E-state index < -0.39 is 11.7 Å². The fourth-order valence-corrected chi connectivity index (χ4v) is 3.39. The zero-order valence-corrected chi connectivity index (χ0v) is 16.6. The highest BCUT2D eigenvalue weighted by molar-refractivity contribution is 6.15. The SMILES string of the molecule is N=C(c1cc(NC(=O)Cc2ccc3c(c2)OCO3)ccc1N)c1ccccc1C(F)(F)F. The molecule has 0 bridgehead atoms. The van der Waals surface area contributed by atoms with Gasteiger partial charge in [-0.25, -0.2) is 0 Å². The molecule has 1 heterocycles. The summed E-state index contributed by atoms with van der Waals surface area (Å²) in [5, 5.41) is 11.0. The van der Waals surface area contributed by atoms with Crippen LogP contribution >= 0.6 is 0 Å². The van der Waals surface area contributed by atoms with Gasteiger partial charge in [-0.3, -0.25) is 10.2 Å². The summed E-state index contributed by atoms with van der Waals surface area (Å²) in [6.45, 7) is 0.128. The lowest BCUT2D eigenvalue weighted by Crippen LogP contribution is -2.17. The van der Waals surface area contributed by atoms with E-state index in [0.29, 0.717) is 22.7 Å². The monoisotopic (exact) mass is 441 g/mol.